The first kappa shape index (κ1) is 18.0. The third-order valence-corrected chi connectivity index (χ3v) is 5.15. The molecule has 2 N–H and O–H groups in total. The summed E-state index contributed by atoms with van der Waals surface area (Å²) in [6, 6.07) is 0. The van der Waals surface area contributed by atoms with Crippen LogP contribution in [0.2, 0.25) is 0 Å². The first-order valence-corrected chi connectivity index (χ1v) is 9.45. The van der Waals surface area contributed by atoms with Crippen LogP contribution < -0.4 is 5.73 Å². The Morgan fingerprint density at radius 1 is 0.900 bits per heavy atom. The summed E-state index contributed by atoms with van der Waals surface area (Å²) in [4.78, 5) is 0. The van der Waals surface area contributed by atoms with E-state index in [2.05, 4.69) is 13.8 Å². The number of hydrogen-bond donors (Lipinski definition) is 1. The fourth-order valence-corrected chi connectivity index (χ4v) is 3.89. The molecule has 20 heavy (non-hydrogen) atoms. The van der Waals surface area contributed by atoms with E-state index in [4.69, 9.17) is 5.73 Å². The van der Waals surface area contributed by atoms with Crippen LogP contribution in [0.4, 0.5) is 0 Å². The minimum Gasteiger partial charge on any atom is -0.325 e. The second kappa shape index (κ2) is 10.7. The van der Waals surface area contributed by atoms with Crippen molar-refractivity contribution in [2.45, 2.75) is 116 Å². The molecule has 0 radical (unpaired) electrons. The third-order valence-electron chi connectivity index (χ3n) is 5.15. The van der Waals surface area contributed by atoms with Crippen molar-refractivity contribution in [1.29, 1.82) is 0 Å². The highest BCUT2D eigenvalue weighted by Gasteiger charge is 2.29. The van der Waals surface area contributed by atoms with Gasteiger partial charge in [-0.1, -0.05) is 90.9 Å². The average Bonchev–Trinajstić information content (AvgIpc) is 2.40. The van der Waals surface area contributed by atoms with E-state index in [1.54, 1.807) is 0 Å². The van der Waals surface area contributed by atoms with E-state index in [1.807, 2.05) is 0 Å². The molecule has 0 aliphatic heterocycles. The summed E-state index contributed by atoms with van der Waals surface area (Å²) in [5, 5.41) is 0. The van der Waals surface area contributed by atoms with Crippen molar-refractivity contribution in [3.63, 3.8) is 0 Å². The van der Waals surface area contributed by atoms with Gasteiger partial charge in [-0.3, -0.25) is 0 Å². The molecule has 0 heterocycles. The van der Waals surface area contributed by atoms with Crippen LogP contribution in [0, 0.1) is 5.92 Å². The van der Waals surface area contributed by atoms with Crippen molar-refractivity contribution in [2.24, 2.45) is 11.7 Å². The molecule has 1 aliphatic carbocycles. The zero-order chi connectivity index (χ0) is 14.7. The highest BCUT2D eigenvalue weighted by atomic mass is 14.7. The van der Waals surface area contributed by atoms with Crippen molar-refractivity contribution >= 4 is 0 Å². The van der Waals surface area contributed by atoms with Crippen LogP contribution in [-0.2, 0) is 0 Å². The van der Waals surface area contributed by atoms with E-state index in [0.717, 1.165) is 5.92 Å². The average molecular weight is 282 g/mol. The van der Waals surface area contributed by atoms with Gasteiger partial charge in [0.1, 0.15) is 0 Å². The van der Waals surface area contributed by atoms with E-state index in [0.29, 0.717) is 0 Å². The minimum atomic E-state index is 0.192. The predicted octanol–water partition coefficient (Wildman–Crippen LogP) is 6.21. The summed E-state index contributed by atoms with van der Waals surface area (Å²) < 4.78 is 0. The molecule has 0 spiro atoms. The van der Waals surface area contributed by atoms with Gasteiger partial charge >= 0.3 is 0 Å². The van der Waals surface area contributed by atoms with Crippen molar-refractivity contribution in [2.75, 3.05) is 0 Å². The molecule has 2 atom stereocenters. The van der Waals surface area contributed by atoms with Crippen LogP contribution in [0.15, 0.2) is 0 Å². The summed E-state index contributed by atoms with van der Waals surface area (Å²) in [5.74, 6) is 0.858. The van der Waals surface area contributed by atoms with Gasteiger partial charge < -0.3 is 5.73 Å². The van der Waals surface area contributed by atoms with Crippen LogP contribution in [0.1, 0.15) is 110 Å². The standard InChI is InChI=1S/C19H39N/c1-3-4-5-6-7-8-9-10-11-12-15-19(20)16-13-14-18(2)17-19/h18H,3-17,20H2,1-2H3. The molecule has 0 aromatic heterocycles. The van der Waals surface area contributed by atoms with Crippen molar-refractivity contribution < 1.29 is 0 Å². The monoisotopic (exact) mass is 281 g/mol. The van der Waals surface area contributed by atoms with Gasteiger partial charge in [0, 0.05) is 5.54 Å². The molecule has 1 aliphatic rings. The molecular formula is C19H39N. The first-order valence-electron chi connectivity index (χ1n) is 9.45. The second-order valence-corrected chi connectivity index (χ2v) is 7.50. The third kappa shape index (κ3) is 8.29. The molecule has 0 saturated heterocycles. The maximum atomic E-state index is 6.56. The Hall–Kier alpha value is -0.0400. The quantitative estimate of drug-likeness (QED) is 0.448. The molecule has 1 nitrogen and oxygen atoms in total. The minimum absolute atomic E-state index is 0.192. The Morgan fingerprint density at radius 3 is 2.00 bits per heavy atom. The lowest BCUT2D eigenvalue weighted by atomic mass is 9.74. The molecule has 0 amide bonds. The molecule has 2 unspecified atom stereocenters. The van der Waals surface area contributed by atoms with Crippen LogP contribution in [-0.4, -0.2) is 5.54 Å². The summed E-state index contributed by atoms with van der Waals surface area (Å²) in [5.41, 5.74) is 6.75. The van der Waals surface area contributed by atoms with E-state index in [-0.39, 0.29) is 5.54 Å². The van der Waals surface area contributed by atoms with E-state index in [1.165, 1.54) is 96.3 Å². The van der Waals surface area contributed by atoms with E-state index in [9.17, 15) is 0 Å². The van der Waals surface area contributed by atoms with Gasteiger partial charge in [-0.2, -0.15) is 0 Å². The van der Waals surface area contributed by atoms with Crippen molar-refractivity contribution in [3.05, 3.63) is 0 Å². The molecule has 1 heteroatoms. The summed E-state index contributed by atoms with van der Waals surface area (Å²) in [6.07, 6.45) is 20.8. The van der Waals surface area contributed by atoms with Crippen molar-refractivity contribution in [3.8, 4) is 0 Å². The van der Waals surface area contributed by atoms with Crippen LogP contribution in [0.3, 0.4) is 0 Å². The van der Waals surface area contributed by atoms with Gasteiger partial charge in [-0.25, -0.2) is 0 Å². The molecule has 1 fully saturated rings. The molecule has 1 saturated carbocycles. The van der Waals surface area contributed by atoms with E-state index >= 15 is 0 Å². The summed E-state index contributed by atoms with van der Waals surface area (Å²) in [6.45, 7) is 4.66. The van der Waals surface area contributed by atoms with Gasteiger partial charge in [0.25, 0.3) is 0 Å². The molecule has 0 bridgehead atoms. The predicted molar refractivity (Wildman–Crippen MR) is 91.0 cm³/mol. The zero-order valence-corrected chi connectivity index (χ0v) is 14.3. The van der Waals surface area contributed by atoms with Gasteiger partial charge in [0.05, 0.1) is 0 Å². The number of rotatable bonds is 11. The lowest BCUT2D eigenvalue weighted by Gasteiger charge is -2.37. The van der Waals surface area contributed by atoms with Gasteiger partial charge in [0.2, 0.25) is 0 Å². The van der Waals surface area contributed by atoms with E-state index < -0.39 is 0 Å². The molecule has 120 valence electrons. The highest BCUT2D eigenvalue weighted by molar-refractivity contribution is 4.89. The highest BCUT2D eigenvalue weighted by Crippen LogP contribution is 2.33. The first-order chi connectivity index (χ1) is 9.66. The van der Waals surface area contributed by atoms with Gasteiger partial charge in [-0.05, 0) is 25.2 Å². The Kier molecular flexibility index (Phi) is 9.59. The van der Waals surface area contributed by atoms with Gasteiger partial charge in [0.15, 0.2) is 0 Å². The van der Waals surface area contributed by atoms with Gasteiger partial charge in [-0.15, -0.1) is 0 Å². The lowest BCUT2D eigenvalue weighted by Crippen LogP contribution is -2.43. The zero-order valence-electron chi connectivity index (χ0n) is 14.3. The number of hydrogen-bond acceptors (Lipinski definition) is 1. The molecule has 0 aromatic carbocycles. The smallest absolute Gasteiger partial charge is 0.0156 e. The maximum absolute atomic E-state index is 6.56. The van der Waals surface area contributed by atoms with Crippen LogP contribution >= 0.6 is 0 Å². The Balaban J connectivity index is 1.89. The normalized spacial score (nSPS) is 26.9. The van der Waals surface area contributed by atoms with Crippen molar-refractivity contribution in [1.82, 2.24) is 0 Å². The van der Waals surface area contributed by atoms with Crippen LogP contribution in [0.25, 0.3) is 0 Å². The fraction of sp³-hybridized carbons (Fsp3) is 1.00. The topological polar surface area (TPSA) is 26.0 Å². The Labute approximate surface area is 128 Å². The maximum Gasteiger partial charge on any atom is 0.0156 e. The lowest BCUT2D eigenvalue weighted by molar-refractivity contribution is 0.218. The number of nitrogens with two attached hydrogens (primary N) is 1. The fourth-order valence-electron chi connectivity index (χ4n) is 3.89. The molecule has 0 aromatic rings. The largest absolute Gasteiger partial charge is 0.325 e. The Bertz CT molecular complexity index is 226. The molecular weight excluding hydrogens is 242 g/mol. The number of unbranched alkanes of at least 4 members (excludes halogenated alkanes) is 9. The summed E-state index contributed by atoms with van der Waals surface area (Å²) >= 11 is 0. The second-order valence-electron chi connectivity index (χ2n) is 7.50. The summed E-state index contributed by atoms with van der Waals surface area (Å²) in [7, 11) is 0. The molecule has 1 rings (SSSR count). The Morgan fingerprint density at radius 2 is 1.45 bits per heavy atom. The SMILES string of the molecule is CCCCCCCCCCCCC1(N)CCCC(C)C1. The van der Waals surface area contributed by atoms with Crippen LogP contribution in [0.5, 0.6) is 0 Å².